The first-order chi connectivity index (χ1) is 10.8. The maximum atomic E-state index is 12.5. The minimum atomic E-state index is -4.17. The molecule has 1 amide bonds. The second-order valence-corrected chi connectivity index (χ2v) is 6.74. The largest absolute Gasteiger partial charge is 0.389 e. The van der Waals surface area contributed by atoms with Gasteiger partial charge in [0.25, 0.3) is 0 Å². The van der Waals surface area contributed by atoms with E-state index >= 15 is 0 Å². The number of nitrogens with two attached hydrogens (primary N) is 1. The van der Waals surface area contributed by atoms with Crippen LogP contribution < -0.4 is 11.1 Å². The summed E-state index contributed by atoms with van der Waals surface area (Å²) in [5.74, 6) is 0.516. The Bertz CT molecular complexity index is 585. The highest BCUT2D eigenvalue weighted by molar-refractivity contribution is 5.93. The van der Waals surface area contributed by atoms with E-state index in [4.69, 9.17) is 5.73 Å². The summed E-state index contributed by atoms with van der Waals surface area (Å²) in [4.78, 5) is 12.5. The van der Waals surface area contributed by atoms with Crippen molar-refractivity contribution in [1.82, 2.24) is 0 Å². The Morgan fingerprint density at radius 3 is 2.65 bits per heavy atom. The zero-order valence-electron chi connectivity index (χ0n) is 12.8. The van der Waals surface area contributed by atoms with Gasteiger partial charge in [0.15, 0.2) is 0 Å². The topological polar surface area (TPSA) is 55.1 Å². The summed E-state index contributed by atoms with van der Waals surface area (Å²) < 4.78 is 36.9. The van der Waals surface area contributed by atoms with E-state index in [0.29, 0.717) is 23.1 Å². The molecule has 4 atom stereocenters. The molecule has 3 rings (SSSR count). The number of benzene rings is 1. The van der Waals surface area contributed by atoms with Gasteiger partial charge in [0, 0.05) is 18.2 Å². The van der Waals surface area contributed by atoms with Crippen molar-refractivity contribution in [3.63, 3.8) is 0 Å². The average Bonchev–Trinajstić information content (AvgIpc) is 3.05. The van der Waals surface area contributed by atoms with E-state index in [-0.39, 0.29) is 24.3 Å². The summed E-state index contributed by atoms with van der Waals surface area (Å²) in [7, 11) is 0. The zero-order chi connectivity index (χ0) is 16.6. The monoisotopic (exact) mass is 326 g/mol. The lowest BCUT2D eigenvalue weighted by Crippen LogP contribution is -2.42. The molecule has 1 aromatic carbocycles. The molecule has 0 spiro atoms. The Kier molecular flexibility index (Phi) is 4.36. The predicted octanol–water partition coefficient (Wildman–Crippen LogP) is 3.49. The molecule has 3 N–H and O–H groups in total. The van der Waals surface area contributed by atoms with Crippen LogP contribution in [0.1, 0.15) is 31.2 Å². The van der Waals surface area contributed by atoms with Gasteiger partial charge in [0.05, 0.1) is 5.92 Å². The molecular formula is C17H21F3N2O. The second-order valence-electron chi connectivity index (χ2n) is 6.74. The van der Waals surface area contributed by atoms with Crippen LogP contribution in [-0.4, -0.2) is 18.1 Å². The molecule has 4 unspecified atom stereocenters. The molecule has 2 aliphatic rings. The maximum Gasteiger partial charge on any atom is 0.389 e. The Balaban J connectivity index is 1.63. The van der Waals surface area contributed by atoms with Crippen LogP contribution in [0, 0.1) is 17.8 Å². The summed E-state index contributed by atoms with van der Waals surface area (Å²) in [5, 5.41) is 2.84. The van der Waals surface area contributed by atoms with Gasteiger partial charge in [-0.05, 0) is 55.2 Å². The Hall–Kier alpha value is -1.56. The van der Waals surface area contributed by atoms with Crippen LogP contribution in [0.4, 0.5) is 18.9 Å². The molecule has 0 aromatic heterocycles. The van der Waals surface area contributed by atoms with Gasteiger partial charge in [-0.15, -0.1) is 0 Å². The number of nitrogens with one attached hydrogen (secondary N) is 1. The van der Waals surface area contributed by atoms with Gasteiger partial charge in [0.1, 0.15) is 0 Å². The maximum absolute atomic E-state index is 12.5. The summed E-state index contributed by atoms with van der Waals surface area (Å²) in [6, 6.07) is 6.53. The van der Waals surface area contributed by atoms with Crippen LogP contribution in [0.15, 0.2) is 24.3 Å². The molecule has 2 aliphatic carbocycles. The van der Waals surface area contributed by atoms with Crippen molar-refractivity contribution in [3.8, 4) is 0 Å². The van der Waals surface area contributed by atoms with Crippen LogP contribution in [0.3, 0.4) is 0 Å². The number of aryl methyl sites for hydroxylation is 1. The van der Waals surface area contributed by atoms with E-state index < -0.39 is 12.6 Å². The van der Waals surface area contributed by atoms with E-state index in [1.807, 2.05) is 0 Å². The number of alkyl halides is 3. The molecule has 2 fully saturated rings. The van der Waals surface area contributed by atoms with E-state index in [2.05, 4.69) is 5.32 Å². The third-order valence-corrected chi connectivity index (χ3v) is 5.18. The zero-order valence-corrected chi connectivity index (χ0v) is 12.8. The summed E-state index contributed by atoms with van der Waals surface area (Å²) in [6.45, 7) is 0. The predicted molar refractivity (Wildman–Crippen MR) is 81.7 cm³/mol. The van der Waals surface area contributed by atoms with Crippen LogP contribution in [0.2, 0.25) is 0 Å². The normalized spacial score (nSPS) is 29.7. The molecule has 1 aromatic rings. The Morgan fingerprint density at radius 2 is 2.00 bits per heavy atom. The van der Waals surface area contributed by atoms with Crippen LogP contribution in [-0.2, 0) is 11.2 Å². The van der Waals surface area contributed by atoms with Crippen LogP contribution in [0.5, 0.6) is 0 Å². The number of fused-ring (bicyclic) bond motifs is 2. The molecule has 0 saturated heterocycles. The highest BCUT2D eigenvalue weighted by Gasteiger charge is 2.49. The number of hydrogen-bond donors (Lipinski definition) is 2. The number of amides is 1. The van der Waals surface area contributed by atoms with Gasteiger partial charge in [-0.2, -0.15) is 13.2 Å². The van der Waals surface area contributed by atoms with Gasteiger partial charge in [-0.3, -0.25) is 4.79 Å². The summed E-state index contributed by atoms with van der Waals surface area (Å²) in [6.07, 6.45) is -1.95. The molecule has 0 aliphatic heterocycles. The SMILES string of the molecule is NC1C2CCC(C2)C1C(=O)Nc1cccc(CCC(F)(F)F)c1. The van der Waals surface area contributed by atoms with Gasteiger partial charge < -0.3 is 11.1 Å². The minimum Gasteiger partial charge on any atom is -0.327 e. The van der Waals surface area contributed by atoms with Gasteiger partial charge >= 0.3 is 6.18 Å². The van der Waals surface area contributed by atoms with Crippen molar-refractivity contribution in [1.29, 1.82) is 0 Å². The van der Waals surface area contributed by atoms with Crippen LogP contribution in [0.25, 0.3) is 0 Å². The molecule has 2 saturated carbocycles. The fourth-order valence-corrected chi connectivity index (χ4v) is 4.04. The third-order valence-electron chi connectivity index (χ3n) is 5.18. The first kappa shape index (κ1) is 16.3. The number of carbonyl (C=O) groups is 1. The quantitative estimate of drug-likeness (QED) is 0.890. The molecule has 0 radical (unpaired) electrons. The first-order valence-electron chi connectivity index (χ1n) is 8.05. The van der Waals surface area contributed by atoms with Crippen LogP contribution >= 0.6 is 0 Å². The lowest BCUT2D eigenvalue weighted by atomic mass is 9.84. The second kappa shape index (κ2) is 6.15. The molecular weight excluding hydrogens is 305 g/mol. The number of rotatable bonds is 4. The smallest absolute Gasteiger partial charge is 0.327 e. The van der Waals surface area contributed by atoms with E-state index in [0.717, 1.165) is 19.3 Å². The van der Waals surface area contributed by atoms with Gasteiger partial charge in [-0.25, -0.2) is 0 Å². The van der Waals surface area contributed by atoms with E-state index in [1.165, 1.54) is 0 Å². The molecule has 0 heterocycles. The van der Waals surface area contributed by atoms with Gasteiger partial charge in [0.2, 0.25) is 5.91 Å². The van der Waals surface area contributed by atoms with Crippen molar-refractivity contribution in [2.24, 2.45) is 23.5 Å². The molecule has 6 heteroatoms. The highest BCUT2D eigenvalue weighted by Crippen LogP contribution is 2.47. The lowest BCUT2D eigenvalue weighted by Gasteiger charge is -2.27. The first-order valence-corrected chi connectivity index (χ1v) is 8.05. The van der Waals surface area contributed by atoms with Crippen molar-refractivity contribution in [2.45, 2.75) is 44.3 Å². The Morgan fingerprint density at radius 1 is 1.26 bits per heavy atom. The minimum absolute atomic E-state index is 0.0825. The van der Waals surface area contributed by atoms with Crippen molar-refractivity contribution in [2.75, 3.05) is 5.32 Å². The molecule has 2 bridgehead atoms. The Labute approximate surface area is 133 Å². The number of anilines is 1. The standard InChI is InChI=1S/C17H21F3N2O/c18-17(19,20)7-6-10-2-1-3-13(8-10)22-16(23)14-11-4-5-12(9-11)15(14)21/h1-3,8,11-12,14-15H,4-7,9,21H2,(H,22,23). The third kappa shape index (κ3) is 3.68. The average molecular weight is 326 g/mol. The summed E-state index contributed by atoms with van der Waals surface area (Å²) in [5.41, 5.74) is 7.27. The molecule has 126 valence electrons. The highest BCUT2D eigenvalue weighted by atomic mass is 19.4. The van der Waals surface area contributed by atoms with E-state index in [1.54, 1.807) is 24.3 Å². The molecule has 23 heavy (non-hydrogen) atoms. The fraction of sp³-hybridized carbons (Fsp3) is 0.588. The van der Waals surface area contributed by atoms with Crippen molar-refractivity contribution < 1.29 is 18.0 Å². The number of carbonyl (C=O) groups excluding carboxylic acids is 1. The van der Waals surface area contributed by atoms with Crippen molar-refractivity contribution in [3.05, 3.63) is 29.8 Å². The van der Waals surface area contributed by atoms with Gasteiger partial charge in [-0.1, -0.05) is 12.1 Å². The number of hydrogen-bond acceptors (Lipinski definition) is 2. The van der Waals surface area contributed by atoms with Crippen molar-refractivity contribution >= 4 is 11.6 Å². The number of halogens is 3. The van der Waals surface area contributed by atoms with E-state index in [9.17, 15) is 18.0 Å². The summed E-state index contributed by atoms with van der Waals surface area (Å²) >= 11 is 0. The lowest BCUT2D eigenvalue weighted by molar-refractivity contribution is -0.134. The molecule has 3 nitrogen and oxygen atoms in total. The fourth-order valence-electron chi connectivity index (χ4n) is 4.04.